The van der Waals surface area contributed by atoms with Crippen molar-refractivity contribution in [3.63, 3.8) is 0 Å². The molecule has 35 heavy (non-hydrogen) atoms. The van der Waals surface area contributed by atoms with Crippen molar-refractivity contribution in [1.29, 1.82) is 0 Å². The van der Waals surface area contributed by atoms with Crippen molar-refractivity contribution >= 4 is 37.4 Å². The number of hydrogen-bond donors (Lipinski definition) is 1. The van der Waals surface area contributed by atoms with E-state index in [9.17, 15) is 8.42 Å². The molecule has 0 atom stereocenters. The van der Waals surface area contributed by atoms with Crippen LogP contribution in [0.2, 0.25) is 0 Å². The molecule has 4 aromatic rings. The van der Waals surface area contributed by atoms with Gasteiger partial charge in [-0.15, -0.1) is 0 Å². The van der Waals surface area contributed by atoms with Gasteiger partial charge in [-0.25, -0.2) is 17.7 Å². The number of nitrogen functional groups attached to an aromatic ring is 1. The first-order valence-corrected chi connectivity index (χ1v) is 14.1. The number of benzene rings is 1. The fraction of sp³-hybridized carbons (Fsp3) is 0.320. The summed E-state index contributed by atoms with van der Waals surface area (Å²) in [6.45, 7) is 1.03. The van der Waals surface area contributed by atoms with Crippen LogP contribution in [0.3, 0.4) is 0 Å². The van der Waals surface area contributed by atoms with Gasteiger partial charge in [-0.1, -0.05) is 36.4 Å². The average Bonchev–Trinajstić information content (AvgIpc) is 3.68. The standard InChI is InChI=1S/C25H25BrN6O2S/c26-22-23(17-10-12-31(13-11-17)35(33,34)19-7-8-19)30-25-20(15-29-32(25)24(22)27)18-6-9-21(28-14-18)16-4-2-1-3-5-16/h1-6,9,14-15,17,19H,7-8,10-13,27H2. The molecular weight excluding hydrogens is 528 g/mol. The molecule has 0 unspecified atom stereocenters. The Morgan fingerprint density at radius 1 is 0.943 bits per heavy atom. The number of anilines is 1. The molecule has 3 aromatic heterocycles. The molecule has 2 aliphatic rings. The summed E-state index contributed by atoms with van der Waals surface area (Å²) < 4.78 is 29.3. The predicted molar refractivity (Wildman–Crippen MR) is 139 cm³/mol. The summed E-state index contributed by atoms with van der Waals surface area (Å²) >= 11 is 3.63. The van der Waals surface area contributed by atoms with Gasteiger partial charge in [0.2, 0.25) is 10.0 Å². The molecule has 0 amide bonds. The molecule has 1 aliphatic carbocycles. The van der Waals surface area contributed by atoms with Gasteiger partial charge in [0.1, 0.15) is 5.82 Å². The molecule has 2 fully saturated rings. The monoisotopic (exact) mass is 552 g/mol. The fourth-order valence-electron chi connectivity index (χ4n) is 4.78. The van der Waals surface area contributed by atoms with E-state index in [0.717, 1.165) is 45.4 Å². The van der Waals surface area contributed by atoms with E-state index >= 15 is 0 Å². The number of sulfonamides is 1. The van der Waals surface area contributed by atoms with Gasteiger partial charge in [0, 0.05) is 41.9 Å². The Labute approximate surface area is 212 Å². The maximum Gasteiger partial charge on any atom is 0.216 e. The summed E-state index contributed by atoms with van der Waals surface area (Å²) in [6.07, 6.45) is 6.59. The van der Waals surface area contributed by atoms with Crippen molar-refractivity contribution in [2.75, 3.05) is 18.8 Å². The summed E-state index contributed by atoms with van der Waals surface area (Å²) in [7, 11) is -3.15. The lowest BCUT2D eigenvalue weighted by Gasteiger charge is -2.31. The SMILES string of the molecule is Nc1c(Br)c(C2CCN(S(=O)(=O)C3CC3)CC2)nc2c(-c3ccc(-c4ccccc4)nc3)cnn12. The number of halogens is 1. The molecule has 0 spiro atoms. The van der Waals surface area contributed by atoms with Gasteiger partial charge in [-0.3, -0.25) is 4.98 Å². The third kappa shape index (κ3) is 4.03. The van der Waals surface area contributed by atoms with Crippen LogP contribution in [-0.2, 0) is 10.0 Å². The molecule has 0 radical (unpaired) electrons. The lowest BCUT2D eigenvalue weighted by atomic mass is 9.94. The van der Waals surface area contributed by atoms with Crippen molar-refractivity contribution in [2.24, 2.45) is 0 Å². The van der Waals surface area contributed by atoms with Gasteiger partial charge >= 0.3 is 0 Å². The molecule has 0 bridgehead atoms. The zero-order valence-electron chi connectivity index (χ0n) is 19.0. The Kier molecular flexibility index (Phi) is 5.62. The topological polar surface area (TPSA) is 106 Å². The Bertz CT molecular complexity index is 1490. The van der Waals surface area contributed by atoms with Gasteiger partial charge < -0.3 is 5.73 Å². The maximum absolute atomic E-state index is 12.6. The number of fused-ring (bicyclic) bond motifs is 1. The maximum atomic E-state index is 12.6. The highest BCUT2D eigenvalue weighted by molar-refractivity contribution is 9.10. The molecule has 1 saturated heterocycles. The highest BCUT2D eigenvalue weighted by Crippen LogP contribution is 2.39. The summed E-state index contributed by atoms with van der Waals surface area (Å²) in [4.78, 5) is 9.64. The molecule has 1 aromatic carbocycles. The molecule has 10 heteroatoms. The van der Waals surface area contributed by atoms with Crippen LogP contribution in [0.5, 0.6) is 0 Å². The van der Waals surface area contributed by atoms with Crippen molar-refractivity contribution < 1.29 is 8.42 Å². The fourth-order valence-corrected chi connectivity index (χ4v) is 7.23. The minimum Gasteiger partial charge on any atom is -0.383 e. The van der Waals surface area contributed by atoms with Crippen LogP contribution >= 0.6 is 15.9 Å². The Balaban J connectivity index is 1.31. The molecule has 6 rings (SSSR count). The minimum absolute atomic E-state index is 0.114. The average molecular weight is 553 g/mol. The van der Waals surface area contributed by atoms with Gasteiger partial charge in [-0.05, 0) is 47.7 Å². The van der Waals surface area contributed by atoms with E-state index in [-0.39, 0.29) is 11.2 Å². The first kappa shape index (κ1) is 22.6. The molecule has 180 valence electrons. The molecule has 1 aliphatic heterocycles. The Morgan fingerprint density at radius 3 is 2.34 bits per heavy atom. The van der Waals surface area contributed by atoms with E-state index in [4.69, 9.17) is 10.7 Å². The minimum atomic E-state index is -3.15. The van der Waals surface area contributed by atoms with E-state index < -0.39 is 10.0 Å². The zero-order valence-corrected chi connectivity index (χ0v) is 21.4. The van der Waals surface area contributed by atoms with E-state index in [0.29, 0.717) is 37.4 Å². The van der Waals surface area contributed by atoms with Crippen LogP contribution in [0.4, 0.5) is 5.82 Å². The van der Waals surface area contributed by atoms with Crippen LogP contribution in [0.25, 0.3) is 28.0 Å². The second-order valence-electron chi connectivity index (χ2n) is 9.21. The number of rotatable bonds is 5. The third-order valence-electron chi connectivity index (χ3n) is 6.94. The zero-order chi connectivity index (χ0) is 24.2. The van der Waals surface area contributed by atoms with Gasteiger partial charge in [0.15, 0.2) is 5.65 Å². The molecular formula is C25H25BrN6O2S. The number of pyridine rings is 1. The predicted octanol–water partition coefficient (Wildman–Crippen LogP) is 4.47. The van der Waals surface area contributed by atoms with Crippen molar-refractivity contribution in [3.8, 4) is 22.4 Å². The van der Waals surface area contributed by atoms with Gasteiger partial charge in [-0.2, -0.15) is 9.61 Å². The van der Waals surface area contributed by atoms with Gasteiger partial charge in [0.25, 0.3) is 0 Å². The summed E-state index contributed by atoms with van der Waals surface area (Å²) in [5.41, 5.74) is 11.7. The lowest BCUT2D eigenvalue weighted by Crippen LogP contribution is -2.40. The second-order valence-corrected chi connectivity index (χ2v) is 12.2. The normalized spacial score (nSPS) is 17.7. The smallest absolute Gasteiger partial charge is 0.216 e. The number of nitrogens with zero attached hydrogens (tertiary/aromatic N) is 5. The Hall–Kier alpha value is -2.82. The number of aromatic nitrogens is 4. The Morgan fingerprint density at radius 2 is 1.69 bits per heavy atom. The highest BCUT2D eigenvalue weighted by Gasteiger charge is 2.41. The van der Waals surface area contributed by atoms with Crippen LogP contribution in [0, 0.1) is 0 Å². The number of nitrogens with two attached hydrogens (primary N) is 1. The van der Waals surface area contributed by atoms with E-state index in [1.807, 2.05) is 48.7 Å². The van der Waals surface area contributed by atoms with Gasteiger partial charge in [0.05, 0.1) is 27.3 Å². The number of piperidine rings is 1. The summed E-state index contributed by atoms with van der Waals surface area (Å²) in [6, 6.07) is 14.1. The van der Waals surface area contributed by atoms with E-state index in [2.05, 4.69) is 26.0 Å². The van der Waals surface area contributed by atoms with E-state index in [1.54, 1.807) is 15.0 Å². The quantitative estimate of drug-likeness (QED) is 0.391. The first-order chi connectivity index (χ1) is 16.9. The van der Waals surface area contributed by atoms with Crippen LogP contribution in [0.15, 0.2) is 59.3 Å². The van der Waals surface area contributed by atoms with Crippen molar-refractivity contribution in [3.05, 3.63) is 65.0 Å². The van der Waals surface area contributed by atoms with Crippen molar-refractivity contribution in [2.45, 2.75) is 36.9 Å². The first-order valence-electron chi connectivity index (χ1n) is 11.8. The van der Waals surface area contributed by atoms with Crippen LogP contribution in [-0.4, -0.2) is 50.6 Å². The van der Waals surface area contributed by atoms with Crippen LogP contribution < -0.4 is 5.73 Å². The molecule has 2 N–H and O–H groups in total. The molecule has 1 saturated carbocycles. The van der Waals surface area contributed by atoms with Crippen LogP contribution in [0.1, 0.15) is 37.3 Å². The second kappa shape index (κ2) is 8.69. The molecule has 4 heterocycles. The lowest BCUT2D eigenvalue weighted by molar-refractivity contribution is 0.316. The third-order valence-corrected chi connectivity index (χ3v) is 10.1. The summed E-state index contributed by atoms with van der Waals surface area (Å²) in [5.74, 6) is 0.599. The highest BCUT2D eigenvalue weighted by atomic mass is 79.9. The largest absolute Gasteiger partial charge is 0.383 e. The number of hydrogen-bond acceptors (Lipinski definition) is 6. The van der Waals surface area contributed by atoms with E-state index in [1.165, 1.54) is 0 Å². The summed E-state index contributed by atoms with van der Waals surface area (Å²) in [5, 5.41) is 4.30. The van der Waals surface area contributed by atoms with Crippen molar-refractivity contribution in [1.82, 2.24) is 23.9 Å². The molecule has 8 nitrogen and oxygen atoms in total.